The van der Waals surface area contributed by atoms with Gasteiger partial charge in [-0.1, -0.05) is 13.8 Å². The van der Waals surface area contributed by atoms with Crippen molar-refractivity contribution in [1.29, 1.82) is 0 Å². The summed E-state index contributed by atoms with van der Waals surface area (Å²) in [6.07, 6.45) is 2.48. The molecule has 1 aliphatic heterocycles. The summed E-state index contributed by atoms with van der Waals surface area (Å²) >= 11 is 0. The minimum atomic E-state index is -0.348. The van der Waals surface area contributed by atoms with E-state index in [1.54, 1.807) is 4.90 Å². The van der Waals surface area contributed by atoms with Gasteiger partial charge in [-0.05, 0) is 43.5 Å². The van der Waals surface area contributed by atoms with Crippen LogP contribution in [-0.4, -0.2) is 47.8 Å². The molecule has 2 amide bonds. The third-order valence-electron chi connectivity index (χ3n) is 4.52. The van der Waals surface area contributed by atoms with Gasteiger partial charge in [-0.15, -0.1) is 0 Å². The zero-order valence-corrected chi connectivity index (χ0v) is 13.9. The minimum Gasteiger partial charge on any atom is -0.341 e. The number of carbonyl (C=O) groups excluding carboxylic acids is 2. The molecule has 0 radical (unpaired) electrons. The van der Waals surface area contributed by atoms with E-state index in [9.17, 15) is 14.0 Å². The van der Waals surface area contributed by atoms with Gasteiger partial charge in [-0.2, -0.15) is 0 Å². The molecule has 0 bridgehead atoms. The molecule has 1 fully saturated rings. The van der Waals surface area contributed by atoms with E-state index in [4.69, 9.17) is 0 Å². The predicted molar refractivity (Wildman–Crippen MR) is 87.6 cm³/mol. The van der Waals surface area contributed by atoms with Gasteiger partial charge in [0.05, 0.1) is 0 Å². The Labute approximate surface area is 137 Å². The molecule has 0 atom stereocenters. The lowest BCUT2D eigenvalue weighted by Crippen LogP contribution is -2.39. The fraction of sp³-hybridized carbons (Fsp3) is 0.556. The Balaban J connectivity index is 1.99. The van der Waals surface area contributed by atoms with Crippen LogP contribution in [0.1, 0.15) is 43.5 Å². The molecule has 126 valence electrons. The molecule has 0 unspecified atom stereocenters. The molecule has 0 aromatic heterocycles. The van der Waals surface area contributed by atoms with Gasteiger partial charge < -0.3 is 9.80 Å². The monoisotopic (exact) mass is 320 g/mol. The average molecular weight is 320 g/mol. The van der Waals surface area contributed by atoms with Gasteiger partial charge in [0, 0.05) is 37.7 Å². The molecule has 1 aromatic carbocycles. The van der Waals surface area contributed by atoms with Gasteiger partial charge in [-0.25, -0.2) is 4.39 Å². The molecule has 23 heavy (non-hydrogen) atoms. The zero-order chi connectivity index (χ0) is 16.8. The summed E-state index contributed by atoms with van der Waals surface area (Å²) in [6.45, 7) is 6.50. The van der Waals surface area contributed by atoms with Crippen LogP contribution in [0.2, 0.25) is 0 Å². The van der Waals surface area contributed by atoms with E-state index in [0.29, 0.717) is 31.7 Å². The highest BCUT2D eigenvalue weighted by Gasteiger charge is 2.25. The van der Waals surface area contributed by atoms with Crippen molar-refractivity contribution < 1.29 is 14.0 Å². The molecule has 1 saturated heterocycles. The van der Waals surface area contributed by atoms with Crippen molar-refractivity contribution in [3.8, 4) is 0 Å². The number of nitrogens with zero attached hydrogens (tertiary/aromatic N) is 2. The third kappa shape index (κ3) is 4.30. The lowest BCUT2D eigenvalue weighted by molar-refractivity contribution is -0.135. The van der Waals surface area contributed by atoms with E-state index in [1.165, 1.54) is 24.3 Å². The Hall–Kier alpha value is -1.91. The van der Waals surface area contributed by atoms with Crippen LogP contribution in [0.4, 0.5) is 4.39 Å². The number of carbonyl (C=O) groups is 2. The molecule has 1 aromatic rings. The maximum atomic E-state index is 13.0. The SMILES string of the molecule is CCC(CC)C(=O)N1CCCN(C(=O)c2ccc(F)cc2)CC1. The third-order valence-corrected chi connectivity index (χ3v) is 4.52. The van der Waals surface area contributed by atoms with Crippen molar-refractivity contribution in [1.82, 2.24) is 9.80 Å². The van der Waals surface area contributed by atoms with Crippen molar-refractivity contribution in [3.63, 3.8) is 0 Å². The summed E-state index contributed by atoms with van der Waals surface area (Å²) in [6, 6.07) is 5.62. The lowest BCUT2D eigenvalue weighted by Gasteiger charge is -2.25. The van der Waals surface area contributed by atoms with Gasteiger partial charge in [-0.3, -0.25) is 9.59 Å². The van der Waals surface area contributed by atoms with E-state index in [1.807, 2.05) is 18.7 Å². The fourth-order valence-corrected chi connectivity index (χ4v) is 3.01. The summed E-state index contributed by atoms with van der Waals surface area (Å²) in [5.74, 6) is -0.165. The van der Waals surface area contributed by atoms with Crippen LogP contribution in [-0.2, 0) is 4.79 Å². The van der Waals surface area contributed by atoms with E-state index in [-0.39, 0.29) is 23.5 Å². The number of hydrogen-bond acceptors (Lipinski definition) is 2. The van der Waals surface area contributed by atoms with Crippen LogP contribution in [0.3, 0.4) is 0 Å². The summed E-state index contributed by atoms with van der Waals surface area (Å²) in [4.78, 5) is 28.6. The zero-order valence-electron chi connectivity index (χ0n) is 13.9. The van der Waals surface area contributed by atoms with Gasteiger partial charge in [0.1, 0.15) is 5.82 Å². The maximum Gasteiger partial charge on any atom is 0.253 e. The summed E-state index contributed by atoms with van der Waals surface area (Å²) in [5, 5.41) is 0. The van der Waals surface area contributed by atoms with Crippen LogP contribution in [0, 0.1) is 11.7 Å². The Kier molecular flexibility index (Phi) is 6.13. The molecule has 0 spiro atoms. The second-order valence-corrected chi connectivity index (χ2v) is 5.99. The molecule has 0 N–H and O–H groups in total. The van der Waals surface area contributed by atoms with Gasteiger partial charge in [0.15, 0.2) is 0 Å². The largest absolute Gasteiger partial charge is 0.341 e. The second-order valence-electron chi connectivity index (χ2n) is 5.99. The van der Waals surface area contributed by atoms with Crippen LogP contribution in [0.15, 0.2) is 24.3 Å². The maximum absolute atomic E-state index is 13.0. The van der Waals surface area contributed by atoms with Crippen LogP contribution >= 0.6 is 0 Å². The van der Waals surface area contributed by atoms with Crippen molar-refractivity contribution in [3.05, 3.63) is 35.6 Å². The van der Waals surface area contributed by atoms with Gasteiger partial charge in [0.2, 0.25) is 5.91 Å². The number of amides is 2. The second kappa shape index (κ2) is 8.09. The molecular formula is C18H25FN2O2. The van der Waals surface area contributed by atoms with Crippen molar-refractivity contribution in [2.24, 2.45) is 5.92 Å². The molecule has 2 rings (SSSR count). The first-order chi connectivity index (χ1) is 11.1. The number of halogens is 1. The van der Waals surface area contributed by atoms with Crippen molar-refractivity contribution in [2.75, 3.05) is 26.2 Å². The molecule has 0 saturated carbocycles. The Morgan fingerprint density at radius 3 is 2.17 bits per heavy atom. The first kappa shape index (κ1) is 17.4. The minimum absolute atomic E-state index is 0.0781. The number of benzene rings is 1. The van der Waals surface area contributed by atoms with E-state index >= 15 is 0 Å². The first-order valence-corrected chi connectivity index (χ1v) is 8.40. The van der Waals surface area contributed by atoms with Crippen molar-refractivity contribution in [2.45, 2.75) is 33.1 Å². The van der Waals surface area contributed by atoms with Crippen LogP contribution < -0.4 is 0 Å². The van der Waals surface area contributed by atoms with E-state index < -0.39 is 0 Å². The topological polar surface area (TPSA) is 40.6 Å². The number of rotatable bonds is 4. The fourth-order valence-electron chi connectivity index (χ4n) is 3.01. The molecule has 1 heterocycles. The van der Waals surface area contributed by atoms with E-state index in [2.05, 4.69) is 0 Å². The van der Waals surface area contributed by atoms with E-state index in [0.717, 1.165) is 19.3 Å². The highest BCUT2D eigenvalue weighted by Crippen LogP contribution is 2.15. The molecule has 0 aliphatic carbocycles. The Bertz CT molecular complexity index is 540. The van der Waals surface area contributed by atoms with Gasteiger partial charge >= 0.3 is 0 Å². The highest BCUT2D eigenvalue weighted by molar-refractivity contribution is 5.94. The van der Waals surface area contributed by atoms with Gasteiger partial charge in [0.25, 0.3) is 5.91 Å². The normalized spacial score (nSPS) is 15.7. The summed E-state index contributed by atoms with van der Waals surface area (Å²) in [5.41, 5.74) is 0.492. The molecule has 1 aliphatic rings. The molecule has 4 nitrogen and oxygen atoms in total. The summed E-state index contributed by atoms with van der Waals surface area (Å²) in [7, 11) is 0. The first-order valence-electron chi connectivity index (χ1n) is 8.40. The van der Waals surface area contributed by atoms with Crippen molar-refractivity contribution >= 4 is 11.8 Å². The lowest BCUT2D eigenvalue weighted by atomic mass is 10.0. The Morgan fingerprint density at radius 1 is 1.00 bits per heavy atom. The predicted octanol–water partition coefficient (Wildman–Crippen LogP) is 2.94. The number of hydrogen-bond donors (Lipinski definition) is 0. The molecule has 5 heteroatoms. The van der Waals surface area contributed by atoms with Crippen LogP contribution in [0.25, 0.3) is 0 Å². The standard InChI is InChI=1S/C18H25FN2O2/c1-3-14(4-2)17(22)20-10-5-11-21(13-12-20)18(23)15-6-8-16(19)9-7-15/h6-9,14H,3-5,10-13H2,1-2H3. The smallest absolute Gasteiger partial charge is 0.253 e. The average Bonchev–Trinajstić information content (AvgIpc) is 2.82. The summed E-state index contributed by atoms with van der Waals surface area (Å²) < 4.78 is 13.0. The quantitative estimate of drug-likeness (QED) is 0.856. The highest BCUT2D eigenvalue weighted by atomic mass is 19.1. The van der Waals surface area contributed by atoms with Crippen LogP contribution in [0.5, 0.6) is 0 Å². The Morgan fingerprint density at radius 2 is 1.57 bits per heavy atom. The molecular weight excluding hydrogens is 295 g/mol.